The number of imidazole rings is 1. The molecule has 0 aromatic carbocycles. The minimum Gasteiger partial charge on any atom is -0.345 e. The van der Waals surface area contributed by atoms with Gasteiger partial charge in [0.1, 0.15) is 5.82 Å². The van der Waals surface area contributed by atoms with Gasteiger partial charge < -0.3 is 10.3 Å². The van der Waals surface area contributed by atoms with Crippen molar-refractivity contribution in [3.8, 4) is 0 Å². The minimum absolute atomic E-state index is 0.156. The molecule has 0 saturated heterocycles. The molecule has 0 amide bonds. The first-order valence-corrected chi connectivity index (χ1v) is 5.69. The zero-order valence-corrected chi connectivity index (χ0v) is 10.5. The second-order valence-electron chi connectivity index (χ2n) is 5.09. The summed E-state index contributed by atoms with van der Waals surface area (Å²) < 4.78 is 0. The zero-order valence-electron chi connectivity index (χ0n) is 10.5. The Morgan fingerprint density at radius 3 is 2.53 bits per heavy atom. The summed E-state index contributed by atoms with van der Waals surface area (Å²) in [6, 6.07) is 0. The van der Waals surface area contributed by atoms with E-state index in [9.17, 15) is 0 Å². The Balaban J connectivity index is 2.82. The van der Waals surface area contributed by atoms with Gasteiger partial charge in [0.05, 0.1) is 0 Å². The molecule has 1 atom stereocenters. The zero-order chi connectivity index (χ0) is 11.5. The van der Waals surface area contributed by atoms with E-state index in [1.807, 2.05) is 13.2 Å². The van der Waals surface area contributed by atoms with Crippen molar-refractivity contribution in [1.29, 1.82) is 0 Å². The Morgan fingerprint density at radius 2 is 2.13 bits per heavy atom. The highest BCUT2D eigenvalue weighted by Crippen LogP contribution is 2.23. The van der Waals surface area contributed by atoms with Crippen molar-refractivity contribution in [1.82, 2.24) is 15.3 Å². The molecule has 0 aliphatic carbocycles. The molecule has 2 N–H and O–H groups in total. The number of rotatable bonds is 4. The molecule has 0 spiro atoms. The van der Waals surface area contributed by atoms with Crippen molar-refractivity contribution in [2.24, 2.45) is 0 Å². The average molecular weight is 209 g/mol. The molecule has 0 fully saturated rings. The second kappa shape index (κ2) is 4.79. The molecule has 1 aromatic heterocycles. The molecule has 0 aliphatic heterocycles. The van der Waals surface area contributed by atoms with Gasteiger partial charge in [-0.25, -0.2) is 4.98 Å². The lowest BCUT2D eigenvalue weighted by atomic mass is 9.93. The molecule has 15 heavy (non-hydrogen) atoms. The van der Waals surface area contributed by atoms with Crippen LogP contribution in [-0.4, -0.2) is 23.6 Å². The maximum Gasteiger partial charge on any atom is 0.110 e. The minimum atomic E-state index is 0.156. The first-order valence-electron chi connectivity index (χ1n) is 5.69. The number of nitrogens with one attached hydrogen (secondary N) is 2. The number of hydrogen-bond acceptors (Lipinski definition) is 2. The van der Waals surface area contributed by atoms with Crippen molar-refractivity contribution < 1.29 is 0 Å². The summed E-state index contributed by atoms with van der Waals surface area (Å²) in [5, 5.41) is 3.21. The molecule has 0 radical (unpaired) electrons. The fraction of sp³-hybridized carbons (Fsp3) is 0.750. The summed E-state index contributed by atoms with van der Waals surface area (Å²) in [6.07, 6.45) is 3.07. The summed E-state index contributed by atoms with van der Waals surface area (Å²) in [5.41, 5.74) is 1.37. The lowest BCUT2D eigenvalue weighted by molar-refractivity contribution is 0.556. The molecule has 3 nitrogen and oxygen atoms in total. The molecular formula is C12H23N3. The van der Waals surface area contributed by atoms with Gasteiger partial charge in [-0.05, 0) is 13.5 Å². The van der Waals surface area contributed by atoms with Gasteiger partial charge in [0.25, 0.3) is 0 Å². The van der Waals surface area contributed by atoms with Crippen molar-refractivity contribution in [2.75, 3.05) is 13.6 Å². The van der Waals surface area contributed by atoms with E-state index >= 15 is 0 Å². The van der Waals surface area contributed by atoms with E-state index in [0.717, 1.165) is 18.8 Å². The van der Waals surface area contributed by atoms with E-state index < -0.39 is 0 Å². The van der Waals surface area contributed by atoms with Crippen molar-refractivity contribution >= 4 is 0 Å². The summed E-state index contributed by atoms with van der Waals surface area (Å²) in [6.45, 7) is 9.77. The second-order valence-corrected chi connectivity index (χ2v) is 5.09. The van der Waals surface area contributed by atoms with Crippen LogP contribution in [0.4, 0.5) is 0 Å². The van der Waals surface area contributed by atoms with Crippen LogP contribution in [0.1, 0.15) is 51.6 Å². The van der Waals surface area contributed by atoms with E-state index in [1.54, 1.807) is 0 Å². The summed E-state index contributed by atoms with van der Waals surface area (Å²) >= 11 is 0. The maximum atomic E-state index is 4.48. The van der Waals surface area contributed by atoms with Gasteiger partial charge in [-0.3, -0.25) is 0 Å². The van der Waals surface area contributed by atoms with Crippen LogP contribution >= 0.6 is 0 Å². The number of aromatic amines is 1. The molecule has 3 heteroatoms. The Bertz CT molecular complexity index is 296. The number of aromatic nitrogens is 2. The first-order chi connectivity index (χ1) is 6.99. The monoisotopic (exact) mass is 209 g/mol. The fourth-order valence-electron chi connectivity index (χ4n) is 1.61. The molecule has 1 aromatic rings. The van der Waals surface area contributed by atoms with Gasteiger partial charge in [0.2, 0.25) is 0 Å². The SMILES string of the molecule is CCC(CNC)c1ncc(C(C)(C)C)[nH]1. The third-order valence-corrected chi connectivity index (χ3v) is 2.73. The van der Waals surface area contributed by atoms with Crippen LogP contribution in [0.3, 0.4) is 0 Å². The van der Waals surface area contributed by atoms with E-state index in [-0.39, 0.29) is 5.41 Å². The first kappa shape index (κ1) is 12.2. The lowest BCUT2D eigenvalue weighted by Gasteiger charge is -2.16. The molecule has 86 valence electrons. The standard InChI is InChI=1S/C12H23N3/c1-6-9(7-13-5)11-14-8-10(15-11)12(2,3)4/h8-9,13H,6-7H2,1-5H3,(H,14,15). The predicted octanol–water partition coefficient (Wildman–Crippen LogP) is 2.42. The van der Waals surface area contributed by atoms with E-state index in [1.165, 1.54) is 5.69 Å². The highest BCUT2D eigenvalue weighted by molar-refractivity contribution is 5.13. The van der Waals surface area contributed by atoms with Crippen LogP contribution in [0, 0.1) is 0 Å². The quantitative estimate of drug-likeness (QED) is 0.799. The largest absolute Gasteiger partial charge is 0.345 e. The topological polar surface area (TPSA) is 40.7 Å². The van der Waals surface area contributed by atoms with Crippen molar-refractivity contribution in [3.05, 3.63) is 17.7 Å². The van der Waals surface area contributed by atoms with Crippen LogP contribution in [0.2, 0.25) is 0 Å². The Kier molecular flexibility index (Phi) is 3.91. The maximum absolute atomic E-state index is 4.48. The van der Waals surface area contributed by atoms with Crippen LogP contribution in [0.25, 0.3) is 0 Å². The van der Waals surface area contributed by atoms with Gasteiger partial charge in [-0.15, -0.1) is 0 Å². The van der Waals surface area contributed by atoms with E-state index in [4.69, 9.17) is 0 Å². The molecule has 0 saturated carbocycles. The third-order valence-electron chi connectivity index (χ3n) is 2.73. The van der Waals surface area contributed by atoms with Crippen LogP contribution < -0.4 is 5.32 Å². The highest BCUT2D eigenvalue weighted by atomic mass is 14.9. The van der Waals surface area contributed by atoms with E-state index in [0.29, 0.717) is 5.92 Å². The van der Waals surface area contributed by atoms with Gasteiger partial charge in [0, 0.05) is 29.8 Å². The number of likely N-dealkylation sites (N-methyl/N-ethyl adjacent to an activating group) is 1. The number of nitrogens with zero attached hydrogens (tertiary/aromatic N) is 1. The fourth-order valence-corrected chi connectivity index (χ4v) is 1.61. The summed E-state index contributed by atoms with van der Waals surface area (Å²) in [5.74, 6) is 1.60. The smallest absolute Gasteiger partial charge is 0.110 e. The molecule has 1 heterocycles. The van der Waals surface area contributed by atoms with Gasteiger partial charge >= 0.3 is 0 Å². The molecular weight excluding hydrogens is 186 g/mol. The van der Waals surface area contributed by atoms with E-state index in [2.05, 4.69) is 43.0 Å². The molecule has 0 bridgehead atoms. The van der Waals surface area contributed by atoms with Crippen molar-refractivity contribution in [3.63, 3.8) is 0 Å². The van der Waals surface area contributed by atoms with Crippen LogP contribution in [0.15, 0.2) is 6.20 Å². The van der Waals surface area contributed by atoms with Crippen LogP contribution in [-0.2, 0) is 5.41 Å². The Labute approximate surface area is 92.7 Å². The Morgan fingerprint density at radius 1 is 1.47 bits per heavy atom. The van der Waals surface area contributed by atoms with Gasteiger partial charge in [-0.2, -0.15) is 0 Å². The summed E-state index contributed by atoms with van der Waals surface area (Å²) in [7, 11) is 1.98. The predicted molar refractivity (Wildman–Crippen MR) is 64.2 cm³/mol. The lowest BCUT2D eigenvalue weighted by Crippen LogP contribution is -2.18. The normalized spacial score (nSPS) is 14.2. The molecule has 1 rings (SSSR count). The Hall–Kier alpha value is -0.830. The van der Waals surface area contributed by atoms with Crippen LogP contribution in [0.5, 0.6) is 0 Å². The average Bonchev–Trinajstić information content (AvgIpc) is 2.62. The molecule has 1 unspecified atom stereocenters. The number of H-pyrrole nitrogens is 1. The third kappa shape index (κ3) is 3.06. The number of hydrogen-bond donors (Lipinski definition) is 2. The van der Waals surface area contributed by atoms with Gasteiger partial charge in [0.15, 0.2) is 0 Å². The van der Waals surface area contributed by atoms with Crippen molar-refractivity contribution in [2.45, 2.75) is 45.4 Å². The molecule has 0 aliphatic rings. The van der Waals surface area contributed by atoms with Gasteiger partial charge in [-0.1, -0.05) is 27.7 Å². The summed E-state index contributed by atoms with van der Waals surface area (Å²) in [4.78, 5) is 7.91. The highest BCUT2D eigenvalue weighted by Gasteiger charge is 2.19.